The number of carboxylic acid groups (broad SMARTS) is 1. The minimum absolute atomic E-state index is 0.0779. The molecule has 2 heterocycles. The summed E-state index contributed by atoms with van der Waals surface area (Å²) in [7, 11) is 1.50. The van der Waals surface area contributed by atoms with Crippen molar-refractivity contribution < 1.29 is 14.6 Å². The van der Waals surface area contributed by atoms with Gasteiger partial charge in [0.05, 0.1) is 18.8 Å². The van der Waals surface area contributed by atoms with Gasteiger partial charge in [-0.1, -0.05) is 5.21 Å². The number of nitrogens with zero attached hydrogens (tertiary/aromatic N) is 4. The molecule has 0 fully saturated rings. The third-order valence-corrected chi connectivity index (χ3v) is 2.40. The number of hydrogen-bond acceptors (Lipinski definition) is 5. The van der Waals surface area contributed by atoms with Crippen molar-refractivity contribution in [2.45, 2.75) is 13.2 Å². The number of pyridine rings is 1. The van der Waals surface area contributed by atoms with Crippen LogP contribution in [0.3, 0.4) is 0 Å². The Morgan fingerprint density at radius 1 is 1.44 bits per heavy atom. The van der Waals surface area contributed by atoms with Gasteiger partial charge in [0.2, 0.25) is 0 Å². The van der Waals surface area contributed by atoms with Gasteiger partial charge in [-0.2, -0.15) is 0 Å². The maximum absolute atomic E-state index is 11.0. The van der Waals surface area contributed by atoms with Gasteiger partial charge in [0, 0.05) is 19.5 Å². The lowest BCUT2D eigenvalue weighted by Crippen LogP contribution is -2.10. The topological polar surface area (TPSA) is 90.1 Å². The Bertz CT molecular complexity index is 538. The zero-order chi connectivity index (χ0) is 13.0. The van der Waals surface area contributed by atoms with Crippen LogP contribution in [0.2, 0.25) is 0 Å². The zero-order valence-corrected chi connectivity index (χ0v) is 9.78. The summed E-state index contributed by atoms with van der Waals surface area (Å²) in [6.07, 6.45) is 3.33. The Kier molecular flexibility index (Phi) is 3.63. The number of rotatable bonds is 5. The van der Waals surface area contributed by atoms with Crippen molar-refractivity contribution in [3.63, 3.8) is 0 Å². The van der Waals surface area contributed by atoms with E-state index in [1.54, 1.807) is 12.4 Å². The normalized spacial score (nSPS) is 10.5. The molecular weight excluding hydrogens is 236 g/mol. The second-order valence-corrected chi connectivity index (χ2v) is 3.64. The summed E-state index contributed by atoms with van der Waals surface area (Å²) in [5, 5.41) is 16.5. The third-order valence-electron chi connectivity index (χ3n) is 2.40. The van der Waals surface area contributed by atoms with Gasteiger partial charge in [-0.05, 0) is 17.7 Å². The van der Waals surface area contributed by atoms with E-state index in [2.05, 4.69) is 15.3 Å². The van der Waals surface area contributed by atoms with Crippen LogP contribution in [0.15, 0.2) is 24.5 Å². The smallest absolute Gasteiger partial charge is 0.358 e. The standard InChI is InChI=1S/C11H12N4O3/c1-18-7-9-10(11(16)17)13-14-15(9)6-8-2-4-12-5-3-8/h2-5H,6-7H2,1H3,(H,16,17). The molecule has 0 aliphatic heterocycles. The van der Waals surface area contributed by atoms with E-state index in [1.807, 2.05) is 12.1 Å². The summed E-state index contributed by atoms with van der Waals surface area (Å²) in [6, 6.07) is 3.66. The maximum atomic E-state index is 11.0. The van der Waals surface area contributed by atoms with Gasteiger partial charge < -0.3 is 9.84 Å². The van der Waals surface area contributed by atoms with Crippen molar-refractivity contribution in [1.29, 1.82) is 0 Å². The predicted molar refractivity (Wildman–Crippen MR) is 61.0 cm³/mol. The fraction of sp³-hybridized carbons (Fsp3) is 0.273. The molecule has 0 saturated heterocycles. The summed E-state index contributed by atoms with van der Waals surface area (Å²) in [6.45, 7) is 0.585. The number of methoxy groups -OCH3 is 1. The van der Waals surface area contributed by atoms with Crippen LogP contribution in [-0.2, 0) is 17.9 Å². The van der Waals surface area contributed by atoms with Crippen molar-refractivity contribution in [2.75, 3.05) is 7.11 Å². The van der Waals surface area contributed by atoms with Gasteiger partial charge in [-0.3, -0.25) is 4.98 Å². The van der Waals surface area contributed by atoms with Crippen LogP contribution < -0.4 is 0 Å². The molecule has 0 aromatic carbocycles. The number of carbonyl (C=O) groups is 1. The monoisotopic (exact) mass is 248 g/mol. The number of carboxylic acids is 1. The van der Waals surface area contributed by atoms with Crippen LogP contribution in [0, 0.1) is 0 Å². The van der Waals surface area contributed by atoms with Gasteiger partial charge >= 0.3 is 5.97 Å². The Balaban J connectivity index is 2.30. The molecule has 94 valence electrons. The number of aromatic carboxylic acids is 1. The van der Waals surface area contributed by atoms with Crippen LogP contribution in [0.1, 0.15) is 21.7 Å². The molecule has 0 unspecified atom stereocenters. The van der Waals surface area contributed by atoms with E-state index in [0.29, 0.717) is 12.2 Å². The molecule has 2 aromatic rings. The molecule has 7 nitrogen and oxygen atoms in total. The summed E-state index contributed by atoms with van der Waals surface area (Å²) < 4.78 is 6.50. The lowest BCUT2D eigenvalue weighted by molar-refractivity contribution is 0.0684. The molecular formula is C11H12N4O3. The first-order valence-corrected chi connectivity index (χ1v) is 5.26. The van der Waals surface area contributed by atoms with Crippen LogP contribution in [0.25, 0.3) is 0 Å². The molecule has 0 aliphatic rings. The first-order chi connectivity index (χ1) is 8.72. The van der Waals surface area contributed by atoms with E-state index in [4.69, 9.17) is 9.84 Å². The van der Waals surface area contributed by atoms with Gasteiger partial charge in [0.15, 0.2) is 5.69 Å². The van der Waals surface area contributed by atoms with Crippen molar-refractivity contribution in [1.82, 2.24) is 20.0 Å². The number of ether oxygens (including phenoxy) is 1. The first kappa shape index (κ1) is 12.2. The highest BCUT2D eigenvalue weighted by Gasteiger charge is 2.18. The molecule has 0 amide bonds. The average molecular weight is 248 g/mol. The Hall–Kier alpha value is -2.28. The molecule has 2 rings (SSSR count). The van der Waals surface area contributed by atoms with Gasteiger partial charge in [0.25, 0.3) is 0 Å². The lowest BCUT2D eigenvalue weighted by Gasteiger charge is -2.05. The quantitative estimate of drug-likeness (QED) is 0.831. The van der Waals surface area contributed by atoms with E-state index in [-0.39, 0.29) is 12.3 Å². The molecule has 7 heteroatoms. The van der Waals surface area contributed by atoms with Crippen LogP contribution in [0.4, 0.5) is 0 Å². The lowest BCUT2D eigenvalue weighted by atomic mass is 10.2. The number of hydrogen-bond donors (Lipinski definition) is 1. The summed E-state index contributed by atoms with van der Waals surface area (Å²) in [5.74, 6) is -1.11. The third kappa shape index (κ3) is 2.51. The minimum Gasteiger partial charge on any atom is -0.476 e. The van der Waals surface area contributed by atoms with Crippen molar-refractivity contribution in [3.8, 4) is 0 Å². The molecule has 0 saturated carbocycles. The molecule has 0 spiro atoms. The highest BCUT2D eigenvalue weighted by Crippen LogP contribution is 2.09. The summed E-state index contributed by atoms with van der Waals surface area (Å²) in [4.78, 5) is 14.9. The van der Waals surface area contributed by atoms with Crippen LogP contribution in [-0.4, -0.2) is 38.2 Å². The maximum Gasteiger partial charge on any atom is 0.358 e. The molecule has 0 bridgehead atoms. The number of aromatic nitrogens is 4. The largest absolute Gasteiger partial charge is 0.476 e. The van der Waals surface area contributed by atoms with E-state index in [1.165, 1.54) is 11.8 Å². The molecule has 0 radical (unpaired) electrons. The molecule has 1 N–H and O–H groups in total. The Morgan fingerprint density at radius 3 is 2.78 bits per heavy atom. The van der Waals surface area contributed by atoms with Crippen molar-refractivity contribution in [2.24, 2.45) is 0 Å². The highest BCUT2D eigenvalue weighted by atomic mass is 16.5. The van der Waals surface area contributed by atoms with E-state index >= 15 is 0 Å². The SMILES string of the molecule is COCc1c(C(=O)O)nnn1Cc1ccncc1. The van der Waals surface area contributed by atoms with Crippen LogP contribution >= 0.6 is 0 Å². The van der Waals surface area contributed by atoms with E-state index < -0.39 is 5.97 Å². The zero-order valence-electron chi connectivity index (χ0n) is 9.78. The molecule has 18 heavy (non-hydrogen) atoms. The Labute approximate surface area is 103 Å². The highest BCUT2D eigenvalue weighted by molar-refractivity contribution is 5.86. The van der Waals surface area contributed by atoms with Gasteiger partial charge in [-0.15, -0.1) is 5.10 Å². The van der Waals surface area contributed by atoms with Crippen LogP contribution in [0.5, 0.6) is 0 Å². The fourth-order valence-electron chi connectivity index (χ4n) is 1.57. The average Bonchev–Trinajstić information content (AvgIpc) is 2.74. The molecule has 0 aliphatic carbocycles. The molecule has 2 aromatic heterocycles. The predicted octanol–water partition coefficient (Wildman–Crippen LogP) is 0.566. The van der Waals surface area contributed by atoms with Crippen molar-refractivity contribution >= 4 is 5.97 Å². The Morgan fingerprint density at radius 2 is 2.17 bits per heavy atom. The second-order valence-electron chi connectivity index (χ2n) is 3.64. The van der Waals surface area contributed by atoms with Gasteiger partial charge in [-0.25, -0.2) is 9.48 Å². The molecule has 0 atom stereocenters. The van der Waals surface area contributed by atoms with E-state index in [0.717, 1.165) is 5.56 Å². The fourth-order valence-corrected chi connectivity index (χ4v) is 1.57. The second kappa shape index (κ2) is 5.37. The minimum atomic E-state index is -1.11. The summed E-state index contributed by atoms with van der Waals surface area (Å²) in [5.41, 5.74) is 1.33. The summed E-state index contributed by atoms with van der Waals surface area (Å²) >= 11 is 0. The first-order valence-electron chi connectivity index (χ1n) is 5.26. The van der Waals surface area contributed by atoms with Crippen molar-refractivity contribution in [3.05, 3.63) is 41.5 Å². The van der Waals surface area contributed by atoms with E-state index in [9.17, 15) is 4.79 Å². The van der Waals surface area contributed by atoms with Gasteiger partial charge in [0.1, 0.15) is 0 Å².